The number of rotatable bonds is 5. The average molecular weight is 386 g/mol. The molecule has 0 N–H and O–H groups in total. The summed E-state index contributed by atoms with van der Waals surface area (Å²) in [5.74, 6) is -0.359. The summed E-state index contributed by atoms with van der Waals surface area (Å²) >= 11 is 7.77. The average Bonchev–Trinajstić information content (AvgIpc) is 3.00. The van der Waals surface area contributed by atoms with Crippen LogP contribution >= 0.6 is 22.9 Å². The monoisotopic (exact) mass is 385 g/mol. The van der Waals surface area contributed by atoms with Crippen LogP contribution in [0.2, 0.25) is 5.02 Å². The number of ether oxygens (including phenoxy) is 1. The lowest BCUT2D eigenvalue weighted by Gasteiger charge is -2.06. The van der Waals surface area contributed by atoms with E-state index < -0.39 is 0 Å². The van der Waals surface area contributed by atoms with Crippen LogP contribution in [0.5, 0.6) is 0 Å². The number of hydrogen-bond donors (Lipinski definition) is 0. The van der Waals surface area contributed by atoms with E-state index in [1.165, 1.54) is 11.3 Å². The first kappa shape index (κ1) is 18.3. The van der Waals surface area contributed by atoms with Gasteiger partial charge in [-0.25, -0.2) is 0 Å². The van der Waals surface area contributed by atoms with Crippen molar-refractivity contribution in [2.45, 2.75) is 13.5 Å². The molecule has 7 heteroatoms. The van der Waals surface area contributed by atoms with Crippen molar-refractivity contribution >= 4 is 39.1 Å². The first-order valence-corrected chi connectivity index (χ1v) is 9.28. The van der Waals surface area contributed by atoms with Crippen LogP contribution in [-0.4, -0.2) is 23.7 Å². The second-order valence-corrected chi connectivity index (χ2v) is 6.84. The Morgan fingerprint density at radius 1 is 1.31 bits per heavy atom. The van der Waals surface area contributed by atoms with E-state index in [1.807, 2.05) is 35.8 Å². The summed E-state index contributed by atoms with van der Waals surface area (Å²) in [6.45, 7) is 3.61. The van der Waals surface area contributed by atoms with E-state index in [4.69, 9.17) is 21.6 Å². The minimum absolute atomic E-state index is 0.359. The molecular formula is C19H16ClN3O2S. The highest BCUT2D eigenvalue weighted by atomic mass is 35.5. The Bertz CT molecular complexity index is 1050. The summed E-state index contributed by atoms with van der Waals surface area (Å²) < 4.78 is 8.32. The van der Waals surface area contributed by atoms with Crippen LogP contribution < -0.4 is 4.80 Å². The molecule has 0 spiro atoms. The molecule has 3 rings (SSSR count). The summed E-state index contributed by atoms with van der Waals surface area (Å²) in [5.41, 5.74) is 1.79. The van der Waals surface area contributed by atoms with E-state index in [0.29, 0.717) is 40.7 Å². The Kier molecular flexibility index (Phi) is 5.84. The number of thiazole rings is 1. The van der Waals surface area contributed by atoms with Crippen LogP contribution in [0.3, 0.4) is 0 Å². The minimum Gasteiger partial charge on any atom is -0.380 e. The number of fused-ring (bicyclic) bond motifs is 1. The molecule has 0 saturated heterocycles. The second-order valence-electron chi connectivity index (χ2n) is 5.43. The minimum atomic E-state index is -0.359. The molecule has 0 fully saturated rings. The SMILES string of the molecule is CCOCCn1c(=NC(=O)c2ccc(C#N)cc2)sc2cccc(Cl)c21. The van der Waals surface area contributed by atoms with Gasteiger partial charge in [0.25, 0.3) is 5.91 Å². The van der Waals surface area contributed by atoms with Gasteiger partial charge in [0.05, 0.1) is 33.5 Å². The zero-order chi connectivity index (χ0) is 18.5. The molecular weight excluding hydrogens is 370 g/mol. The van der Waals surface area contributed by atoms with Crippen LogP contribution in [0.1, 0.15) is 22.8 Å². The van der Waals surface area contributed by atoms with Crippen molar-refractivity contribution in [2.24, 2.45) is 4.99 Å². The summed E-state index contributed by atoms with van der Waals surface area (Å²) in [7, 11) is 0. The highest BCUT2D eigenvalue weighted by Crippen LogP contribution is 2.25. The molecule has 0 saturated carbocycles. The first-order valence-electron chi connectivity index (χ1n) is 8.09. The molecule has 26 heavy (non-hydrogen) atoms. The molecule has 0 aliphatic carbocycles. The van der Waals surface area contributed by atoms with Gasteiger partial charge < -0.3 is 9.30 Å². The molecule has 2 aromatic carbocycles. The van der Waals surface area contributed by atoms with E-state index in [-0.39, 0.29) is 5.91 Å². The number of benzene rings is 2. The fraction of sp³-hybridized carbons (Fsp3) is 0.211. The van der Waals surface area contributed by atoms with Gasteiger partial charge in [-0.05, 0) is 43.3 Å². The van der Waals surface area contributed by atoms with Gasteiger partial charge in [0.1, 0.15) is 0 Å². The first-order chi connectivity index (χ1) is 12.6. The quantitative estimate of drug-likeness (QED) is 0.623. The van der Waals surface area contributed by atoms with Gasteiger partial charge in [-0.2, -0.15) is 10.3 Å². The van der Waals surface area contributed by atoms with Crippen molar-refractivity contribution in [1.29, 1.82) is 5.26 Å². The van der Waals surface area contributed by atoms with E-state index in [0.717, 1.165) is 10.2 Å². The van der Waals surface area contributed by atoms with Gasteiger partial charge in [0, 0.05) is 18.7 Å². The Morgan fingerprint density at radius 3 is 2.77 bits per heavy atom. The van der Waals surface area contributed by atoms with Crippen molar-refractivity contribution in [2.75, 3.05) is 13.2 Å². The van der Waals surface area contributed by atoms with Crippen LogP contribution in [0.4, 0.5) is 0 Å². The van der Waals surface area contributed by atoms with Gasteiger partial charge in [-0.15, -0.1) is 0 Å². The molecule has 0 unspecified atom stereocenters. The van der Waals surface area contributed by atoms with Gasteiger partial charge in [0.15, 0.2) is 4.80 Å². The Morgan fingerprint density at radius 2 is 2.08 bits per heavy atom. The summed E-state index contributed by atoms with van der Waals surface area (Å²) in [5, 5.41) is 9.48. The highest BCUT2D eigenvalue weighted by molar-refractivity contribution is 7.16. The number of carbonyl (C=O) groups excluding carboxylic acids is 1. The molecule has 1 amide bonds. The van der Waals surface area contributed by atoms with Gasteiger partial charge in [0.2, 0.25) is 0 Å². The van der Waals surface area contributed by atoms with Gasteiger partial charge in [-0.3, -0.25) is 4.79 Å². The zero-order valence-corrected chi connectivity index (χ0v) is 15.7. The highest BCUT2D eigenvalue weighted by Gasteiger charge is 2.11. The van der Waals surface area contributed by atoms with E-state index in [9.17, 15) is 4.79 Å². The molecule has 0 radical (unpaired) electrons. The third-order valence-electron chi connectivity index (χ3n) is 3.77. The fourth-order valence-corrected chi connectivity index (χ4v) is 3.93. The number of halogens is 1. The summed E-state index contributed by atoms with van der Waals surface area (Å²) in [6, 6.07) is 14.1. The molecule has 0 bridgehead atoms. The third kappa shape index (κ3) is 3.86. The molecule has 0 atom stereocenters. The number of para-hydroxylation sites is 1. The number of nitrogens with zero attached hydrogens (tertiary/aromatic N) is 3. The lowest BCUT2D eigenvalue weighted by Crippen LogP contribution is -2.20. The molecule has 132 valence electrons. The van der Waals surface area contributed by atoms with Crippen LogP contribution in [0.15, 0.2) is 47.5 Å². The van der Waals surface area contributed by atoms with Crippen molar-refractivity contribution in [3.05, 3.63) is 63.4 Å². The van der Waals surface area contributed by atoms with Crippen molar-refractivity contribution in [3.8, 4) is 6.07 Å². The maximum Gasteiger partial charge on any atom is 0.279 e. The summed E-state index contributed by atoms with van der Waals surface area (Å²) in [6.07, 6.45) is 0. The molecule has 5 nitrogen and oxygen atoms in total. The lowest BCUT2D eigenvalue weighted by molar-refractivity contribution is 0.0996. The number of nitriles is 1. The Hall–Kier alpha value is -2.46. The number of hydrogen-bond acceptors (Lipinski definition) is 4. The van der Waals surface area contributed by atoms with Gasteiger partial charge in [-0.1, -0.05) is 29.0 Å². The molecule has 0 aliphatic rings. The van der Waals surface area contributed by atoms with Gasteiger partial charge >= 0.3 is 0 Å². The Balaban J connectivity index is 2.05. The smallest absolute Gasteiger partial charge is 0.279 e. The van der Waals surface area contributed by atoms with E-state index >= 15 is 0 Å². The number of aromatic nitrogens is 1. The van der Waals surface area contributed by atoms with Crippen LogP contribution in [0, 0.1) is 11.3 Å². The van der Waals surface area contributed by atoms with E-state index in [2.05, 4.69) is 4.99 Å². The van der Waals surface area contributed by atoms with Crippen molar-refractivity contribution in [3.63, 3.8) is 0 Å². The molecule has 0 aliphatic heterocycles. The normalized spacial score (nSPS) is 11.7. The van der Waals surface area contributed by atoms with E-state index in [1.54, 1.807) is 24.3 Å². The zero-order valence-electron chi connectivity index (χ0n) is 14.1. The largest absolute Gasteiger partial charge is 0.380 e. The number of amides is 1. The predicted molar refractivity (Wildman–Crippen MR) is 102 cm³/mol. The Labute approximate surface area is 159 Å². The molecule has 3 aromatic rings. The lowest BCUT2D eigenvalue weighted by atomic mass is 10.1. The maximum atomic E-state index is 12.5. The summed E-state index contributed by atoms with van der Waals surface area (Å²) in [4.78, 5) is 17.4. The van der Waals surface area contributed by atoms with Crippen molar-refractivity contribution < 1.29 is 9.53 Å². The second kappa shape index (κ2) is 8.28. The predicted octanol–water partition coefficient (Wildman–Crippen LogP) is 4.01. The molecule has 1 heterocycles. The van der Waals surface area contributed by atoms with Crippen LogP contribution in [0.25, 0.3) is 10.2 Å². The standard InChI is InChI=1S/C19H16ClN3O2S/c1-2-25-11-10-23-17-15(20)4-3-5-16(17)26-19(23)22-18(24)14-8-6-13(12-21)7-9-14/h3-9H,2,10-11H2,1H3. The third-order valence-corrected chi connectivity index (χ3v) is 5.12. The number of carbonyl (C=O) groups is 1. The maximum absolute atomic E-state index is 12.5. The fourth-order valence-electron chi connectivity index (χ4n) is 2.52. The molecule has 1 aromatic heterocycles. The van der Waals surface area contributed by atoms with Crippen LogP contribution in [-0.2, 0) is 11.3 Å². The van der Waals surface area contributed by atoms with Crippen molar-refractivity contribution in [1.82, 2.24) is 4.57 Å². The topological polar surface area (TPSA) is 67.4 Å².